The number of amides is 1. The third-order valence-corrected chi connectivity index (χ3v) is 6.48. The van der Waals surface area contributed by atoms with Crippen molar-refractivity contribution < 1.29 is 28.6 Å². The van der Waals surface area contributed by atoms with Crippen LogP contribution in [0.1, 0.15) is 37.3 Å². The second-order valence-corrected chi connectivity index (χ2v) is 7.61. The Kier molecular flexibility index (Phi) is 4.56. The maximum Gasteiger partial charge on any atom is 0.318 e. The molecule has 2 heterocycles. The molecular weight excluding hydrogens is 362 g/mol. The molecule has 0 N–H and O–H groups in total. The monoisotopic (exact) mass is 387 g/mol. The van der Waals surface area contributed by atoms with Crippen LogP contribution in [0.2, 0.25) is 0 Å². The van der Waals surface area contributed by atoms with Gasteiger partial charge in [0.05, 0.1) is 26.4 Å². The highest BCUT2D eigenvalue weighted by molar-refractivity contribution is 6.02. The van der Waals surface area contributed by atoms with Gasteiger partial charge in [0.2, 0.25) is 5.91 Å². The van der Waals surface area contributed by atoms with Gasteiger partial charge in [0.25, 0.3) is 0 Å². The average Bonchev–Trinajstić information content (AvgIpc) is 2.95. The van der Waals surface area contributed by atoms with Gasteiger partial charge in [-0.25, -0.2) is 0 Å². The molecule has 2 fully saturated rings. The van der Waals surface area contributed by atoms with Gasteiger partial charge in [-0.3, -0.25) is 14.4 Å². The molecule has 1 spiro atoms. The van der Waals surface area contributed by atoms with Crippen LogP contribution < -0.4 is 9.47 Å². The molecule has 1 aromatic carbocycles. The summed E-state index contributed by atoms with van der Waals surface area (Å²) in [6, 6.07) is 3.87. The lowest BCUT2D eigenvalue weighted by Gasteiger charge is -2.49. The Labute approximate surface area is 163 Å². The largest absolute Gasteiger partial charge is 0.493 e. The van der Waals surface area contributed by atoms with Gasteiger partial charge in [-0.2, -0.15) is 0 Å². The first-order valence-electron chi connectivity index (χ1n) is 9.73. The highest BCUT2D eigenvalue weighted by Crippen LogP contribution is 2.57. The molecule has 1 saturated heterocycles. The van der Waals surface area contributed by atoms with E-state index in [0.29, 0.717) is 37.3 Å². The van der Waals surface area contributed by atoms with Gasteiger partial charge in [0, 0.05) is 25.3 Å². The fraction of sp³-hybridized carbons (Fsp3) is 0.571. The SMILES string of the molecule is CCOC(=O)[C@H]1C(=O)N2CCc3cc(OC)c(OC)cc3[C@]23CCC(=O)C[C@H]13. The molecule has 1 aromatic rings. The third kappa shape index (κ3) is 2.45. The number of ketones is 1. The van der Waals surface area contributed by atoms with Crippen molar-refractivity contribution in [2.24, 2.45) is 11.8 Å². The summed E-state index contributed by atoms with van der Waals surface area (Å²) in [5, 5.41) is 0. The van der Waals surface area contributed by atoms with Crippen LogP contribution in [0.4, 0.5) is 0 Å². The number of carbonyl (C=O) groups excluding carboxylic acids is 3. The highest BCUT2D eigenvalue weighted by atomic mass is 16.5. The number of rotatable bonds is 4. The van der Waals surface area contributed by atoms with Crippen molar-refractivity contribution in [1.82, 2.24) is 4.90 Å². The summed E-state index contributed by atoms with van der Waals surface area (Å²) in [5.74, 6) is -0.782. The Hall–Kier alpha value is -2.57. The highest BCUT2D eigenvalue weighted by Gasteiger charge is 2.64. The molecular formula is C21H25NO6. The van der Waals surface area contributed by atoms with E-state index in [0.717, 1.165) is 11.1 Å². The molecule has 3 atom stereocenters. The molecule has 4 rings (SSSR count). The minimum atomic E-state index is -0.928. The lowest BCUT2D eigenvalue weighted by atomic mass is 9.64. The van der Waals surface area contributed by atoms with Crippen LogP contribution in [0, 0.1) is 11.8 Å². The molecule has 1 amide bonds. The number of fused-ring (bicyclic) bond motifs is 1. The van der Waals surface area contributed by atoms with Crippen molar-refractivity contribution in [3.05, 3.63) is 23.3 Å². The van der Waals surface area contributed by atoms with Crippen LogP contribution in [0.15, 0.2) is 12.1 Å². The summed E-state index contributed by atoms with van der Waals surface area (Å²) >= 11 is 0. The van der Waals surface area contributed by atoms with E-state index in [1.165, 1.54) is 0 Å². The Balaban J connectivity index is 1.90. The minimum Gasteiger partial charge on any atom is -0.493 e. The maximum atomic E-state index is 13.3. The van der Waals surface area contributed by atoms with E-state index in [-0.39, 0.29) is 24.7 Å². The van der Waals surface area contributed by atoms with Crippen LogP contribution in [0.5, 0.6) is 11.5 Å². The van der Waals surface area contributed by atoms with Gasteiger partial charge in [-0.05, 0) is 43.0 Å². The molecule has 0 unspecified atom stereocenters. The van der Waals surface area contributed by atoms with Crippen LogP contribution in [-0.2, 0) is 31.1 Å². The van der Waals surface area contributed by atoms with E-state index in [4.69, 9.17) is 14.2 Å². The number of Topliss-reactive ketones (excluding diaryl/α,β-unsaturated/α-hetero) is 1. The molecule has 0 aromatic heterocycles. The van der Waals surface area contributed by atoms with E-state index < -0.39 is 23.3 Å². The Morgan fingerprint density at radius 2 is 1.89 bits per heavy atom. The molecule has 7 heteroatoms. The molecule has 2 aliphatic heterocycles. The van der Waals surface area contributed by atoms with E-state index in [2.05, 4.69) is 0 Å². The zero-order valence-electron chi connectivity index (χ0n) is 16.4. The Morgan fingerprint density at radius 1 is 1.18 bits per heavy atom. The third-order valence-electron chi connectivity index (χ3n) is 6.48. The van der Waals surface area contributed by atoms with Gasteiger partial charge in [0.1, 0.15) is 11.7 Å². The van der Waals surface area contributed by atoms with Crippen LogP contribution >= 0.6 is 0 Å². The fourth-order valence-electron chi connectivity index (χ4n) is 5.35. The molecule has 150 valence electrons. The molecule has 0 radical (unpaired) electrons. The first kappa shape index (κ1) is 18.8. The predicted molar refractivity (Wildman–Crippen MR) is 99.1 cm³/mol. The topological polar surface area (TPSA) is 82.1 Å². The minimum absolute atomic E-state index is 0.0900. The summed E-state index contributed by atoms with van der Waals surface area (Å²) in [7, 11) is 3.17. The Bertz CT molecular complexity index is 850. The number of nitrogens with zero attached hydrogens (tertiary/aromatic N) is 1. The first-order valence-corrected chi connectivity index (χ1v) is 9.73. The molecule has 3 aliphatic rings. The van der Waals surface area contributed by atoms with Crippen molar-refractivity contribution in [3.63, 3.8) is 0 Å². The summed E-state index contributed by atoms with van der Waals surface area (Å²) in [5.41, 5.74) is 1.37. The van der Waals surface area contributed by atoms with Gasteiger partial charge >= 0.3 is 5.97 Å². The molecule has 1 aliphatic carbocycles. The second-order valence-electron chi connectivity index (χ2n) is 7.61. The molecule has 28 heavy (non-hydrogen) atoms. The van der Waals surface area contributed by atoms with E-state index in [1.807, 2.05) is 17.0 Å². The number of hydrogen-bond donors (Lipinski definition) is 0. The van der Waals surface area contributed by atoms with Gasteiger partial charge in [-0.1, -0.05) is 0 Å². The van der Waals surface area contributed by atoms with Crippen LogP contribution in [-0.4, -0.2) is 49.9 Å². The number of esters is 1. The number of methoxy groups -OCH3 is 2. The van der Waals surface area contributed by atoms with Crippen molar-refractivity contribution >= 4 is 17.7 Å². The number of ether oxygens (including phenoxy) is 3. The summed E-state index contributed by atoms with van der Waals surface area (Å²) in [6.45, 7) is 2.44. The first-order chi connectivity index (χ1) is 13.5. The zero-order valence-corrected chi connectivity index (χ0v) is 16.4. The zero-order chi connectivity index (χ0) is 20.1. The normalized spacial score (nSPS) is 28.3. The summed E-state index contributed by atoms with van der Waals surface area (Å²) < 4.78 is 16.2. The maximum absolute atomic E-state index is 13.3. The van der Waals surface area contributed by atoms with E-state index in [1.54, 1.807) is 21.1 Å². The number of hydrogen-bond acceptors (Lipinski definition) is 6. The van der Waals surface area contributed by atoms with Crippen molar-refractivity contribution in [2.45, 2.75) is 38.1 Å². The fourth-order valence-corrected chi connectivity index (χ4v) is 5.35. The molecule has 7 nitrogen and oxygen atoms in total. The van der Waals surface area contributed by atoms with Crippen molar-refractivity contribution in [1.29, 1.82) is 0 Å². The molecule has 0 bridgehead atoms. The standard InChI is InChI=1S/C21H25NO6/c1-4-28-20(25)18-15-10-13(23)5-7-21(15)14-11-17(27-3)16(26-2)9-12(14)6-8-22(21)19(18)24/h9,11,15,18H,4-8,10H2,1-3H3/t15-,18-,21+/m1/s1. The van der Waals surface area contributed by atoms with Crippen molar-refractivity contribution in [2.75, 3.05) is 27.4 Å². The van der Waals surface area contributed by atoms with Crippen molar-refractivity contribution in [3.8, 4) is 11.5 Å². The lowest BCUT2D eigenvalue weighted by molar-refractivity contribution is -0.153. The van der Waals surface area contributed by atoms with Gasteiger partial charge < -0.3 is 19.1 Å². The summed E-state index contributed by atoms with van der Waals surface area (Å²) in [6.07, 6.45) is 1.78. The van der Waals surface area contributed by atoms with Crippen LogP contribution in [0.3, 0.4) is 0 Å². The Morgan fingerprint density at radius 3 is 2.57 bits per heavy atom. The quantitative estimate of drug-likeness (QED) is 0.579. The lowest BCUT2D eigenvalue weighted by Crippen LogP contribution is -2.53. The summed E-state index contributed by atoms with van der Waals surface area (Å²) in [4.78, 5) is 40.1. The van der Waals surface area contributed by atoms with Crippen LogP contribution in [0.25, 0.3) is 0 Å². The number of benzene rings is 1. The average molecular weight is 387 g/mol. The molecule has 1 saturated carbocycles. The van der Waals surface area contributed by atoms with Gasteiger partial charge in [0.15, 0.2) is 11.5 Å². The number of carbonyl (C=O) groups is 3. The van der Waals surface area contributed by atoms with Gasteiger partial charge in [-0.15, -0.1) is 0 Å². The predicted octanol–water partition coefficient (Wildman–Crippen LogP) is 1.85. The van der Waals surface area contributed by atoms with E-state index >= 15 is 0 Å². The van der Waals surface area contributed by atoms with E-state index in [9.17, 15) is 14.4 Å². The second kappa shape index (κ2) is 6.79. The smallest absolute Gasteiger partial charge is 0.318 e.